The normalized spacial score (nSPS) is 28.2. The maximum atomic E-state index is 5.75. The summed E-state index contributed by atoms with van der Waals surface area (Å²) in [6.45, 7) is 10.9. The van der Waals surface area contributed by atoms with Gasteiger partial charge in [0.05, 0.1) is 12.2 Å². The molecule has 0 aromatic heterocycles. The molecule has 1 heterocycles. The third kappa shape index (κ3) is 5.84. The topological polar surface area (TPSA) is 38.5 Å². The molecule has 3 heteroatoms. The molecule has 3 unspecified atom stereocenters. The third-order valence-electron chi connectivity index (χ3n) is 3.73. The van der Waals surface area contributed by atoms with Gasteiger partial charge in [0.2, 0.25) is 0 Å². The van der Waals surface area contributed by atoms with Crippen LogP contribution >= 0.6 is 0 Å². The van der Waals surface area contributed by atoms with Crippen molar-refractivity contribution in [1.29, 1.82) is 0 Å². The van der Waals surface area contributed by atoms with Gasteiger partial charge >= 0.3 is 0 Å². The van der Waals surface area contributed by atoms with E-state index in [1.165, 1.54) is 32.2 Å². The lowest BCUT2D eigenvalue weighted by molar-refractivity contribution is -0.0683. The molecule has 0 saturated carbocycles. The molecule has 0 aromatic carbocycles. The van der Waals surface area contributed by atoms with E-state index in [1.807, 2.05) is 0 Å². The number of nitrogens with zero attached hydrogens (tertiary/aromatic N) is 1. The second-order valence-electron chi connectivity index (χ2n) is 5.51. The van der Waals surface area contributed by atoms with Gasteiger partial charge in [0.25, 0.3) is 0 Å². The van der Waals surface area contributed by atoms with Crippen LogP contribution in [0.25, 0.3) is 0 Å². The summed E-state index contributed by atoms with van der Waals surface area (Å²) >= 11 is 0. The molecule has 17 heavy (non-hydrogen) atoms. The average Bonchev–Trinajstić information content (AvgIpc) is 2.26. The number of morpholine rings is 1. The highest BCUT2D eigenvalue weighted by atomic mass is 16.5. The van der Waals surface area contributed by atoms with Gasteiger partial charge in [0, 0.05) is 13.1 Å². The largest absolute Gasteiger partial charge is 0.373 e. The standard InChI is InChI=1S/C14H30N2O/c1-4-14(7-8-15)6-5-9-16-10-12(2)17-13(3)11-16/h12-14H,4-11,15H2,1-3H3. The molecule has 1 rings (SSSR count). The molecule has 0 aliphatic carbocycles. The first-order chi connectivity index (χ1) is 8.15. The van der Waals surface area contributed by atoms with Gasteiger partial charge in [-0.15, -0.1) is 0 Å². The minimum absolute atomic E-state index is 0.393. The van der Waals surface area contributed by atoms with Crippen molar-refractivity contribution in [2.75, 3.05) is 26.2 Å². The molecule has 1 saturated heterocycles. The minimum Gasteiger partial charge on any atom is -0.373 e. The van der Waals surface area contributed by atoms with E-state index in [0.29, 0.717) is 12.2 Å². The quantitative estimate of drug-likeness (QED) is 0.744. The van der Waals surface area contributed by atoms with E-state index in [1.54, 1.807) is 0 Å². The average molecular weight is 242 g/mol. The van der Waals surface area contributed by atoms with Crippen molar-refractivity contribution in [3.63, 3.8) is 0 Å². The van der Waals surface area contributed by atoms with Crippen molar-refractivity contribution in [2.45, 2.75) is 58.7 Å². The summed E-state index contributed by atoms with van der Waals surface area (Å²) in [5.41, 5.74) is 5.63. The first-order valence-electron chi connectivity index (χ1n) is 7.23. The molecule has 0 spiro atoms. The van der Waals surface area contributed by atoms with Gasteiger partial charge in [0.1, 0.15) is 0 Å². The van der Waals surface area contributed by atoms with Crippen LogP contribution in [0.15, 0.2) is 0 Å². The Morgan fingerprint density at radius 2 is 1.88 bits per heavy atom. The summed E-state index contributed by atoms with van der Waals surface area (Å²) in [6.07, 6.45) is 5.88. The van der Waals surface area contributed by atoms with Crippen LogP contribution in [0, 0.1) is 5.92 Å². The Bertz CT molecular complexity index is 189. The number of hydrogen-bond donors (Lipinski definition) is 1. The van der Waals surface area contributed by atoms with E-state index in [2.05, 4.69) is 25.7 Å². The lowest BCUT2D eigenvalue weighted by Gasteiger charge is -2.35. The highest BCUT2D eigenvalue weighted by Gasteiger charge is 2.21. The van der Waals surface area contributed by atoms with Crippen molar-refractivity contribution in [2.24, 2.45) is 11.7 Å². The van der Waals surface area contributed by atoms with Crippen LogP contribution in [0.3, 0.4) is 0 Å². The Kier molecular flexibility index (Phi) is 7.09. The van der Waals surface area contributed by atoms with Crippen molar-refractivity contribution in [3.05, 3.63) is 0 Å². The van der Waals surface area contributed by atoms with Gasteiger partial charge in [-0.1, -0.05) is 13.3 Å². The molecule has 2 N–H and O–H groups in total. The lowest BCUT2D eigenvalue weighted by Crippen LogP contribution is -2.45. The van der Waals surface area contributed by atoms with Crippen LogP contribution in [-0.4, -0.2) is 43.3 Å². The smallest absolute Gasteiger partial charge is 0.0678 e. The first-order valence-corrected chi connectivity index (χ1v) is 7.23. The van der Waals surface area contributed by atoms with Crippen LogP contribution in [-0.2, 0) is 4.74 Å². The van der Waals surface area contributed by atoms with Crippen molar-refractivity contribution in [3.8, 4) is 0 Å². The molecule has 1 fully saturated rings. The molecule has 102 valence electrons. The summed E-state index contributed by atoms with van der Waals surface area (Å²) in [5.74, 6) is 0.830. The van der Waals surface area contributed by atoms with E-state index in [4.69, 9.17) is 10.5 Å². The van der Waals surface area contributed by atoms with Crippen molar-refractivity contribution >= 4 is 0 Å². The molecule has 0 amide bonds. The van der Waals surface area contributed by atoms with E-state index in [0.717, 1.165) is 25.6 Å². The molecule has 0 bridgehead atoms. The Morgan fingerprint density at radius 3 is 2.41 bits per heavy atom. The second-order valence-corrected chi connectivity index (χ2v) is 5.51. The minimum atomic E-state index is 0.393. The maximum absolute atomic E-state index is 5.75. The van der Waals surface area contributed by atoms with Gasteiger partial charge in [-0.3, -0.25) is 4.90 Å². The first kappa shape index (κ1) is 14.9. The third-order valence-corrected chi connectivity index (χ3v) is 3.73. The summed E-state index contributed by atoms with van der Waals surface area (Å²) in [4.78, 5) is 2.55. The Balaban J connectivity index is 2.16. The van der Waals surface area contributed by atoms with Crippen molar-refractivity contribution < 1.29 is 4.74 Å². The predicted molar refractivity (Wildman–Crippen MR) is 73.1 cm³/mol. The highest BCUT2D eigenvalue weighted by Crippen LogP contribution is 2.16. The van der Waals surface area contributed by atoms with Crippen LogP contribution in [0.5, 0.6) is 0 Å². The zero-order valence-electron chi connectivity index (χ0n) is 11.8. The van der Waals surface area contributed by atoms with Gasteiger partial charge in [0.15, 0.2) is 0 Å². The SMILES string of the molecule is CCC(CCN)CCCN1CC(C)OC(C)C1. The summed E-state index contributed by atoms with van der Waals surface area (Å²) < 4.78 is 5.75. The number of nitrogens with two attached hydrogens (primary N) is 1. The van der Waals surface area contributed by atoms with Crippen LogP contribution < -0.4 is 5.73 Å². The molecular weight excluding hydrogens is 212 g/mol. The zero-order valence-corrected chi connectivity index (χ0v) is 11.8. The van der Waals surface area contributed by atoms with Gasteiger partial charge in [-0.25, -0.2) is 0 Å². The monoisotopic (exact) mass is 242 g/mol. The molecule has 0 aromatic rings. The summed E-state index contributed by atoms with van der Waals surface area (Å²) in [7, 11) is 0. The van der Waals surface area contributed by atoms with Gasteiger partial charge < -0.3 is 10.5 Å². The molecule has 1 aliphatic rings. The van der Waals surface area contributed by atoms with E-state index in [-0.39, 0.29) is 0 Å². The van der Waals surface area contributed by atoms with Gasteiger partial charge in [-0.05, 0) is 52.1 Å². The maximum Gasteiger partial charge on any atom is 0.0678 e. The highest BCUT2D eigenvalue weighted by molar-refractivity contribution is 4.73. The van der Waals surface area contributed by atoms with E-state index >= 15 is 0 Å². The molecule has 3 nitrogen and oxygen atoms in total. The number of hydrogen-bond acceptors (Lipinski definition) is 3. The van der Waals surface area contributed by atoms with Crippen molar-refractivity contribution in [1.82, 2.24) is 4.90 Å². The Labute approximate surface area is 107 Å². The van der Waals surface area contributed by atoms with Crippen LogP contribution in [0.2, 0.25) is 0 Å². The fourth-order valence-corrected chi connectivity index (χ4v) is 2.86. The van der Waals surface area contributed by atoms with Crippen LogP contribution in [0.4, 0.5) is 0 Å². The number of rotatable bonds is 7. The Morgan fingerprint density at radius 1 is 1.24 bits per heavy atom. The molecular formula is C14H30N2O. The fourth-order valence-electron chi connectivity index (χ4n) is 2.86. The Hall–Kier alpha value is -0.120. The second kappa shape index (κ2) is 8.06. The predicted octanol–water partition coefficient (Wildman–Crippen LogP) is 2.25. The molecule has 1 aliphatic heterocycles. The molecule has 3 atom stereocenters. The number of ether oxygens (including phenoxy) is 1. The summed E-state index contributed by atoms with van der Waals surface area (Å²) in [5, 5.41) is 0. The zero-order chi connectivity index (χ0) is 12.7. The fraction of sp³-hybridized carbons (Fsp3) is 1.00. The summed E-state index contributed by atoms with van der Waals surface area (Å²) in [6, 6.07) is 0. The van der Waals surface area contributed by atoms with Crippen LogP contribution in [0.1, 0.15) is 46.5 Å². The van der Waals surface area contributed by atoms with Gasteiger partial charge in [-0.2, -0.15) is 0 Å². The lowest BCUT2D eigenvalue weighted by atomic mass is 9.96. The van der Waals surface area contributed by atoms with E-state index < -0.39 is 0 Å². The van der Waals surface area contributed by atoms with E-state index in [9.17, 15) is 0 Å². The molecule has 0 radical (unpaired) electrons.